The molecule has 0 heterocycles. The number of rotatable bonds is 4. The van der Waals surface area contributed by atoms with Crippen LogP contribution in [0.4, 0.5) is 5.69 Å². The molecule has 0 saturated carbocycles. The van der Waals surface area contributed by atoms with Gasteiger partial charge in [0.1, 0.15) is 11.6 Å². The molecule has 18 heavy (non-hydrogen) atoms. The molecule has 0 bridgehead atoms. The fourth-order valence-corrected chi connectivity index (χ4v) is 1.30. The van der Waals surface area contributed by atoms with Crippen LogP contribution in [0.15, 0.2) is 42.0 Å². The van der Waals surface area contributed by atoms with Crippen molar-refractivity contribution in [3.8, 4) is 6.07 Å². The van der Waals surface area contributed by atoms with Crippen LogP contribution in [0.1, 0.15) is 5.56 Å². The van der Waals surface area contributed by atoms with Crippen molar-refractivity contribution < 1.29 is 9.90 Å². The molecule has 0 aliphatic rings. The van der Waals surface area contributed by atoms with E-state index >= 15 is 0 Å². The minimum Gasteiger partial charge on any atom is -0.477 e. The van der Waals surface area contributed by atoms with Crippen molar-refractivity contribution in [2.24, 2.45) is 0 Å². The lowest BCUT2D eigenvalue weighted by Crippen LogP contribution is -2.07. The lowest BCUT2D eigenvalue weighted by Gasteiger charge is -2.11. The van der Waals surface area contributed by atoms with Crippen LogP contribution >= 0.6 is 0 Å². The van der Waals surface area contributed by atoms with E-state index in [0.29, 0.717) is 0 Å². The molecule has 0 fully saturated rings. The Hall–Kier alpha value is -2.54. The first-order chi connectivity index (χ1) is 8.54. The molecule has 1 N–H and O–H groups in total. The predicted octanol–water partition coefficient (Wildman–Crippen LogP) is 2.30. The van der Waals surface area contributed by atoms with Crippen LogP contribution in [0.2, 0.25) is 0 Å². The van der Waals surface area contributed by atoms with Gasteiger partial charge in [0.2, 0.25) is 0 Å². The highest BCUT2D eigenvalue weighted by Gasteiger charge is 2.02. The fraction of sp³-hybridized carbons (Fsp3) is 0.143. The van der Waals surface area contributed by atoms with Gasteiger partial charge in [-0.05, 0) is 23.8 Å². The zero-order chi connectivity index (χ0) is 13.5. The van der Waals surface area contributed by atoms with Gasteiger partial charge in [-0.25, -0.2) is 4.79 Å². The van der Waals surface area contributed by atoms with Gasteiger partial charge in [0, 0.05) is 19.8 Å². The molecule has 0 atom stereocenters. The molecule has 92 valence electrons. The number of hydrogen-bond donors (Lipinski definition) is 1. The SMILES string of the molecule is CN(C)c1ccc(C=CC=C(C#N)C(=O)O)cc1. The van der Waals surface area contributed by atoms with Crippen molar-refractivity contribution in [2.45, 2.75) is 0 Å². The first-order valence-corrected chi connectivity index (χ1v) is 5.33. The van der Waals surface area contributed by atoms with Gasteiger partial charge in [-0.1, -0.05) is 24.3 Å². The highest BCUT2D eigenvalue weighted by atomic mass is 16.4. The molecular weight excluding hydrogens is 228 g/mol. The maximum atomic E-state index is 10.6. The van der Waals surface area contributed by atoms with E-state index in [0.717, 1.165) is 11.3 Å². The number of allylic oxidation sites excluding steroid dienone is 2. The summed E-state index contributed by atoms with van der Waals surface area (Å²) in [7, 11) is 3.92. The smallest absolute Gasteiger partial charge is 0.346 e. The largest absolute Gasteiger partial charge is 0.477 e. The summed E-state index contributed by atoms with van der Waals surface area (Å²) in [6.45, 7) is 0. The number of anilines is 1. The van der Waals surface area contributed by atoms with Gasteiger partial charge in [-0.15, -0.1) is 0 Å². The molecule has 1 aromatic carbocycles. The molecule has 0 amide bonds. The van der Waals surface area contributed by atoms with E-state index in [2.05, 4.69) is 0 Å². The normalized spacial score (nSPS) is 11.3. The number of benzene rings is 1. The molecule has 0 unspecified atom stereocenters. The Morgan fingerprint density at radius 2 is 1.94 bits per heavy atom. The van der Waals surface area contributed by atoms with Gasteiger partial charge in [0.05, 0.1) is 0 Å². The van der Waals surface area contributed by atoms with Crippen LogP contribution in [0.3, 0.4) is 0 Å². The van der Waals surface area contributed by atoms with Crippen molar-refractivity contribution in [1.82, 2.24) is 0 Å². The Bertz CT molecular complexity index is 520. The van der Waals surface area contributed by atoms with Gasteiger partial charge in [0.25, 0.3) is 0 Å². The predicted molar refractivity (Wildman–Crippen MR) is 71.1 cm³/mol. The number of aliphatic carboxylic acids is 1. The third-order valence-corrected chi connectivity index (χ3v) is 2.31. The molecule has 1 rings (SSSR count). The van der Waals surface area contributed by atoms with Gasteiger partial charge < -0.3 is 10.0 Å². The summed E-state index contributed by atoms with van der Waals surface area (Å²) in [6, 6.07) is 9.39. The summed E-state index contributed by atoms with van der Waals surface area (Å²) >= 11 is 0. The number of nitriles is 1. The summed E-state index contributed by atoms with van der Waals surface area (Å²) in [6.07, 6.45) is 4.58. The van der Waals surface area contributed by atoms with Crippen molar-refractivity contribution in [2.75, 3.05) is 19.0 Å². The highest BCUT2D eigenvalue weighted by Crippen LogP contribution is 2.13. The van der Waals surface area contributed by atoms with Gasteiger partial charge in [-0.3, -0.25) is 0 Å². The number of carbonyl (C=O) groups is 1. The summed E-state index contributed by atoms with van der Waals surface area (Å²) < 4.78 is 0. The highest BCUT2D eigenvalue weighted by molar-refractivity contribution is 5.91. The van der Waals surface area contributed by atoms with E-state index in [1.165, 1.54) is 6.08 Å². The Labute approximate surface area is 106 Å². The fourth-order valence-electron chi connectivity index (χ4n) is 1.30. The maximum absolute atomic E-state index is 10.6. The standard InChI is InChI=1S/C14H14N2O2/c1-16(2)13-8-6-11(7-9-13)4-3-5-12(10-15)14(17)18/h3-9H,1-2H3,(H,17,18). The molecule has 4 heteroatoms. The van der Waals surface area contributed by atoms with Gasteiger partial charge in [0.15, 0.2) is 0 Å². The quantitative estimate of drug-likeness (QED) is 0.500. The molecule has 0 saturated heterocycles. The van der Waals surface area contributed by atoms with Crippen molar-refractivity contribution in [3.05, 3.63) is 47.6 Å². The van der Waals surface area contributed by atoms with E-state index < -0.39 is 5.97 Å². The van der Waals surface area contributed by atoms with Crippen molar-refractivity contribution >= 4 is 17.7 Å². The Morgan fingerprint density at radius 3 is 2.39 bits per heavy atom. The topological polar surface area (TPSA) is 64.3 Å². The van der Waals surface area contributed by atoms with Crippen LogP contribution in [0.5, 0.6) is 0 Å². The molecular formula is C14H14N2O2. The lowest BCUT2D eigenvalue weighted by molar-refractivity contribution is -0.132. The third-order valence-electron chi connectivity index (χ3n) is 2.31. The summed E-state index contributed by atoms with van der Waals surface area (Å²) in [5, 5.41) is 17.2. The number of carboxylic acid groups (broad SMARTS) is 1. The second-order valence-electron chi connectivity index (χ2n) is 3.84. The van der Waals surface area contributed by atoms with Crippen molar-refractivity contribution in [3.63, 3.8) is 0 Å². The molecule has 4 nitrogen and oxygen atoms in total. The van der Waals surface area contributed by atoms with E-state index in [9.17, 15) is 4.79 Å². The average Bonchev–Trinajstić information content (AvgIpc) is 2.34. The Balaban J connectivity index is 2.80. The molecule has 0 radical (unpaired) electrons. The first kappa shape index (κ1) is 13.5. The molecule has 0 aromatic heterocycles. The first-order valence-electron chi connectivity index (χ1n) is 5.33. The van der Waals surface area contributed by atoms with Crippen molar-refractivity contribution in [1.29, 1.82) is 5.26 Å². The van der Waals surface area contributed by atoms with Crippen LogP contribution in [0.25, 0.3) is 6.08 Å². The third kappa shape index (κ3) is 3.80. The van der Waals surface area contributed by atoms with E-state index in [4.69, 9.17) is 10.4 Å². The number of carboxylic acids is 1. The molecule has 1 aromatic rings. The van der Waals surface area contributed by atoms with E-state index in [1.807, 2.05) is 43.3 Å². The minimum absolute atomic E-state index is 0.281. The Morgan fingerprint density at radius 1 is 1.33 bits per heavy atom. The average molecular weight is 242 g/mol. The van der Waals surface area contributed by atoms with Gasteiger partial charge in [-0.2, -0.15) is 5.26 Å². The summed E-state index contributed by atoms with van der Waals surface area (Å²) in [5.74, 6) is -1.22. The second-order valence-corrected chi connectivity index (χ2v) is 3.84. The monoisotopic (exact) mass is 242 g/mol. The molecule has 0 aliphatic carbocycles. The lowest BCUT2D eigenvalue weighted by atomic mass is 10.1. The van der Waals surface area contributed by atoms with E-state index in [1.54, 1.807) is 18.2 Å². The van der Waals surface area contributed by atoms with Gasteiger partial charge >= 0.3 is 5.97 Å². The summed E-state index contributed by atoms with van der Waals surface area (Å²) in [5.41, 5.74) is 1.75. The van der Waals surface area contributed by atoms with E-state index in [-0.39, 0.29) is 5.57 Å². The number of nitrogens with zero attached hydrogens (tertiary/aromatic N) is 2. The zero-order valence-corrected chi connectivity index (χ0v) is 10.3. The Kier molecular flexibility index (Phi) is 4.70. The van der Waals surface area contributed by atoms with Crippen LogP contribution < -0.4 is 4.90 Å². The zero-order valence-electron chi connectivity index (χ0n) is 10.3. The number of hydrogen-bond acceptors (Lipinski definition) is 3. The van der Waals surface area contributed by atoms with Crippen LogP contribution in [0, 0.1) is 11.3 Å². The minimum atomic E-state index is -1.22. The summed E-state index contributed by atoms with van der Waals surface area (Å²) in [4.78, 5) is 12.6. The molecule has 0 aliphatic heterocycles. The van der Waals surface area contributed by atoms with Crippen LogP contribution in [-0.4, -0.2) is 25.2 Å². The molecule has 0 spiro atoms. The van der Waals surface area contributed by atoms with Crippen LogP contribution in [-0.2, 0) is 4.79 Å². The maximum Gasteiger partial charge on any atom is 0.346 e. The second kappa shape index (κ2) is 6.26.